The van der Waals surface area contributed by atoms with Crippen LogP contribution in [-0.4, -0.2) is 32.6 Å². The summed E-state index contributed by atoms with van der Waals surface area (Å²) in [6, 6.07) is 8.58. The second kappa shape index (κ2) is 7.71. The summed E-state index contributed by atoms with van der Waals surface area (Å²) in [5.41, 5.74) is 1.27. The molecule has 0 spiro atoms. The van der Waals surface area contributed by atoms with Crippen LogP contribution in [0.1, 0.15) is 34.1 Å². The Labute approximate surface area is 159 Å². The number of carbonyl (C=O) groups excluding carboxylic acids is 1. The molecule has 0 aliphatic carbocycles. The normalized spacial score (nSPS) is 12.1. The fourth-order valence-electron chi connectivity index (χ4n) is 2.83. The first kappa shape index (κ1) is 18.8. The first-order valence-electron chi connectivity index (χ1n) is 8.48. The number of hydrogen-bond donors (Lipinski definition) is 2. The molecular weight excluding hydrogens is 366 g/mol. The highest BCUT2D eigenvalue weighted by Gasteiger charge is 2.23. The van der Waals surface area contributed by atoms with Gasteiger partial charge in [-0.3, -0.25) is 14.2 Å². The van der Waals surface area contributed by atoms with Gasteiger partial charge >= 0.3 is 5.97 Å². The van der Waals surface area contributed by atoms with Gasteiger partial charge in [-0.25, -0.2) is 9.78 Å². The lowest BCUT2D eigenvalue weighted by atomic mass is 10.1. The minimum Gasteiger partial charge on any atom is -0.480 e. The zero-order chi connectivity index (χ0) is 19.6. The standard InChI is InChI=1S/C19H19N3O4S/c1-3-13(19(25)26)21-16(23)15-11(2)14-17(27-15)20-10-22(18(14)24)9-12-7-5-4-6-8-12/h4-8,10,13H,3,9H2,1-2H3,(H,21,23)(H,25,26). The van der Waals surface area contributed by atoms with Gasteiger partial charge in [0.15, 0.2) is 0 Å². The number of rotatable bonds is 6. The minimum absolute atomic E-state index is 0.220. The number of carboxylic acid groups (broad SMARTS) is 1. The van der Waals surface area contributed by atoms with E-state index in [4.69, 9.17) is 5.11 Å². The Morgan fingerprint density at radius 3 is 2.63 bits per heavy atom. The van der Waals surface area contributed by atoms with Crippen LogP contribution < -0.4 is 10.9 Å². The van der Waals surface area contributed by atoms with Crippen molar-refractivity contribution in [2.24, 2.45) is 0 Å². The van der Waals surface area contributed by atoms with Crippen LogP contribution >= 0.6 is 11.3 Å². The summed E-state index contributed by atoms with van der Waals surface area (Å²) in [4.78, 5) is 41.6. The molecule has 0 aliphatic heterocycles. The fourth-order valence-corrected chi connectivity index (χ4v) is 3.87. The number of benzene rings is 1. The lowest BCUT2D eigenvalue weighted by molar-refractivity contribution is -0.139. The van der Waals surface area contributed by atoms with Gasteiger partial charge in [0.25, 0.3) is 11.5 Å². The quantitative estimate of drug-likeness (QED) is 0.678. The molecular formula is C19H19N3O4S. The van der Waals surface area contributed by atoms with Crippen LogP contribution in [-0.2, 0) is 11.3 Å². The van der Waals surface area contributed by atoms with Crippen molar-refractivity contribution in [3.05, 3.63) is 63.0 Å². The molecule has 8 heteroatoms. The fraction of sp³-hybridized carbons (Fsp3) is 0.263. The van der Waals surface area contributed by atoms with Gasteiger partial charge < -0.3 is 10.4 Å². The number of nitrogens with one attached hydrogen (secondary N) is 1. The molecule has 0 fully saturated rings. The first-order valence-corrected chi connectivity index (χ1v) is 9.30. The van der Waals surface area contributed by atoms with Crippen LogP contribution in [0.4, 0.5) is 0 Å². The molecule has 1 atom stereocenters. The number of aromatic nitrogens is 2. The van der Waals surface area contributed by atoms with E-state index < -0.39 is 17.9 Å². The van der Waals surface area contributed by atoms with Crippen molar-refractivity contribution < 1.29 is 14.7 Å². The average molecular weight is 385 g/mol. The maximum absolute atomic E-state index is 12.9. The van der Waals surface area contributed by atoms with Crippen molar-refractivity contribution in [1.82, 2.24) is 14.9 Å². The van der Waals surface area contributed by atoms with Crippen LogP contribution in [0.2, 0.25) is 0 Å². The van der Waals surface area contributed by atoms with E-state index in [9.17, 15) is 14.4 Å². The van der Waals surface area contributed by atoms with Crippen LogP contribution in [0.15, 0.2) is 41.5 Å². The summed E-state index contributed by atoms with van der Waals surface area (Å²) >= 11 is 1.10. The Balaban J connectivity index is 1.97. The predicted octanol–water partition coefficient (Wildman–Crippen LogP) is 2.41. The van der Waals surface area contributed by atoms with Gasteiger partial charge in [0.1, 0.15) is 10.9 Å². The number of hydrogen-bond acceptors (Lipinski definition) is 5. The van der Waals surface area contributed by atoms with Crippen molar-refractivity contribution in [2.45, 2.75) is 32.9 Å². The number of aliphatic carboxylic acids is 1. The number of nitrogens with zero attached hydrogens (tertiary/aromatic N) is 2. The molecule has 1 aromatic carbocycles. The molecule has 2 aromatic heterocycles. The average Bonchev–Trinajstić information content (AvgIpc) is 3.00. The van der Waals surface area contributed by atoms with Gasteiger partial charge in [0, 0.05) is 0 Å². The number of carbonyl (C=O) groups is 2. The van der Waals surface area contributed by atoms with E-state index in [1.54, 1.807) is 13.8 Å². The van der Waals surface area contributed by atoms with E-state index in [2.05, 4.69) is 10.3 Å². The molecule has 3 aromatic rings. The van der Waals surface area contributed by atoms with Crippen LogP contribution in [0.25, 0.3) is 10.2 Å². The highest BCUT2D eigenvalue weighted by molar-refractivity contribution is 7.20. The molecule has 3 rings (SSSR count). The molecule has 1 unspecified atom stereocenters. The van der Waals surface area contributed by atoms with Gasteiger partial charge in [-0.1, -0.05) is 37.3 Å². The Morgan fingerprint density at radius 1 is 1.30 bits per heavy atom. The Hall–Kier alpha value is -3.00. The number of thiophene rings is 1. The van der Waals surface area contributed by atoms with Crippen LogP contribution in [0, 0.1) is 6.92 Å². The lowest BCUT2D eigenvalue weighted by Crippen LogP contribution is -2.40. The molecule has 0 radical (unpaired) electrons. The van der Waals surface area contributed by atoms with Gasteiger partial charge in [-0.2, -0.15) is 0 Å². The molecule has 0 bridgehead atoms. The summed E-state index contributed by atoms with van der Waals surface area (Å²) in [5, 5.41) is 12.0. The van der Waals surface area contributed by atoms with Gasteiger partial charge in [0.2, 0.25) is 0 Å². The maximum atomic E-state index is 12.9. The molecule has 0 saturated heterocycles. The number of carboxylic acids is 1. The van der Waals surface area contributed by atoms with Gasteiger partial charge in [-0.15, -0.1) is 11.3 Å². The number of amides is 1. The van der Waals surface area contributed by atoms with Crippen molar-refractivity contribution in [1.29, 1.82) is 0 Å². The van der Waals surface area contributed by atoms with E-state index in [1.807, 2.05) is 30.3 Å². The summed E-state index contributed by atoms with van der Waals surface area (Å²) in [5.74, 6) is -1.59. The zero-order valence-electron chi connectivity index (χ0n) is 14.9. The predicted molar refractivity (Wildman–Crippen MR) is 103 cm³/mol. The Morgan fingerprint density at radius 2 is 2.00 bits per heavy atom. The summed E-state index contributed by atoms with van der Waals surface area (Å²) < 4.78 is 1.51. The van der Waals surface area contributed by atoms with Crippen LogP contribution in [0.5, 0.6) is 0 Å². The molecule has 2 heterocycles. The Kier molecular flexibility index (Phi) is 5.36. The maximum Gasteiger partial charge on any atom is 0.326 e. The third-order valence-electron chi connectivity index (χ3n) is 4.33. The van der Waals surface area contributed by atoms with E-state index in [0.29, 0.717) is 27.2 Å². The van der Waals surface area contributed by atoms with E-state index in [1.165, 1.54) is 10.9 Å². The molecule has 140 valence electrons. The second-order valence-corrected chi connectivity index (χ2v) is 7.17. The number of fused-ring (bicyclic) bond motifs is 1. The van der Waals surface area contributed by atoms with E-state index >= 15 is 0 Å². The summed E-state index contributed by atoms with van der Waals surface area (Å²) in [6.07, 6.45) is 1.74. The van der Waals surface area contributed by atoms with Gasteiger partial charge in [0.05, 0.1) is 23.1 Å². The minimum atomic E-state index is -1.09. The molecule has 0 saturated carbocycles. The number of aryl methyl sites for hydroxylation is 1. The lowest BCUT2D eigenvalue weighted by Gasteiger charge is -2.11. The van der Waals surface area contributed by atoms with Gasteiger partial charge in [-0.05, 0) is 24.5 Å². The molecule has 0 aliphatic rings. The topological polar surface area (TPSA) is 101 Å². The van der Waals surface area contributed by atoms with E-state index in [-0.39, 0.29) is 12.0 Å². The largest absolute Gasteiger partial charge is 0.480 e. The zero-order valence-corrected chi connectivity index (χ0v) is 15.7. The molecule has 7 nitrogen and oxygen atoms in total. The van der Waals surface area contributed by atoms with E-state index in [0.717, 1.165) is 16.9 Å². The highest BCUT2D eigenvalue weighted by atomic mass is 32.1. The molecule has 27 heavy (non-hydrogen) atoms. The van der Waals surface area contributed by atoms with Crippen molar-refractivity contribution >= 4 is 33.4 Å². The molecule has 1 amide bonds. The van der Waals surface area contributed by atoms with Crippen molar-refractivity contribution in [3.63, 3.8) is 0 Å². The smallest absolute Gasteiger partial charge is 0.326 e. The summed E-state index contributed by atoms with van der Waals surface area (Å²) in [6.45, 7) is 3.75. The SMILES string of the molecule is CCC(NC(=O)c1sc2ncn(Cc3ccccc3)c(=O)c2c1C)C(=O)O. The van der Waals surface area contributed by atoms with Crippen molar-refractivity contribution in [2.75, 3.05) is 0 Å². The monoisotopic (exact) mass is 385 g/mol. The van der Waals surface area contributed by atoms with Crippen LogP contribution in [0.3, 0.4) is 0 Å². The third kappa shape index (κ3) is 3.75. The molecule has 2 N–H and O–H groups in total. The highest BCUT2D eigenvalue weighted by Crippen LogP contribution is 2.27. The summed E-state index contributed by atoms with van der Waals surface area (Å²) in [7, 11) is 0. The Bertz CT molecular complexity index is 1060. The first-order chi connectivity index (χ1) is 12.9. The van der Waals surface area contributed by atoms with Crippen molar-refractivity contribution in [3.8, 4) is 0 Å². The third-order valence-corrected chi connectivity index (χ3v) is 5.53. The second-order valence-electron chi connectivity index (χ2n) is 6.17.